The van der Waals surface area contributed by atoms with Crippen LogP contribution in [0.25, 0.3) is 0 Å². The van der Waals surface area contributed by atoms with Crippen LogP contribution in [0.5, 0.6) is 5.75 Å². The van der Waals surface area contributed by atoms with Gasteiger partial charge in [-0.05, 0) is 19.1 Å². The fraction of sp³-hybridized carbons (Fsp3) is 0.538. The van der Waals surface area contributed by atoms with Gasteiger partial charge in [-0.15, -0.1) is 0 Å². The molecule has 1 fully saturated rings. The quantitative estimate of drug-likeness (QED) is 0.572. The van der Waals surface area contributed by atoms with E-state index in [4.69, 9.17) is 14.6 Å². The summed E-state index contributed by atoms with van der Waals surface area (Å²) in [5, 5.41) is 38.1. The van der Waals surface area contributed by atoms with Gasteiger partial charge in [-0.1, -0.05) is 17.7 Å². The molecule has 0 aliphatic carbocycles. The van der Waals surface area contributed by atoms with Crippen LogP contribution in [-0.2, 0) is 4.74 Å². The Bertz CT molecular complexity index is 404. The Balaban J connectivity index is 2.08. The van der Waals surface area contributed by atoms with E-state index in [9.17, 15) is 15.3 Å². The van der Waals surface area contributed by atoms with Crippen LogP contribution in [0.15, 0.2) is 24.3 Å². The van der Waals surface area contributed by atoms with Crippen molar-refractivity contribution in [3.05, 3.63) is 29.8 Å². The van der Waals surface area contributed by atoms with Gasteiger partial charge in [0.15, 0.2) is 0 Å². The highest BCUT2D eigenvalue weighted by Crippen LogP contribution is 2.24. The molecular weight excluding hydrogens is 252 g/mol. The first-order chi connectivity index (χ1) is 9.02. The SMILES string of the molecule is Cc1ccc(O[C@@H]2O[C@H](CO)[C@@H](O)[C@H](O)[C@@H]2O)cc1. The second-order valence-corrected chi connectivity index (χ2v) is 4.63. The van der Waals surface area contributed by atoms with Crippen molar-refractivity contribution < 1.29 is 29.9 Å². The fourth-order valence-electron chi connectivity index (χ4n) is 1.92. The molecule has 0 unspecified atom stereocenters. The van der Waals surface area contributed by atoms with Gasteiger partial charge >= 0.3 is 0 Å². The third-order valence-electron chi connectivity index (χ3n) is 3.12. The maximum atomic E-state index is 9.80. The molecule has 6 heteroatoms. The van der Waals surface area contributed by atoms with Crippen molar-refractivity contribution in [3.8, 4) is 5.75 Å². The second-order valence-electron chi connectivity index (χ2n) is 4.63. The highest BCUT2D eigenvalue weighted by Gasteiger charge is 2.44. The number of benzene rings is 1. The van der Waals surface area contributed by atoms with Gasteiger partial charge in [-0.3, -0.25) is 0 Å². The minimum atomic E-state index is -1.43. The van der Waals surface area contributed by atoms with Crippen LogP contribution in [0, 0.1) is 6.92 Å². The smallest absolute Gasteiger partial charge is 0.229 e. The zero-order valence-corrected chi connectivity index (χ0v) is 10.5. The van der Waals surface area contributed by atoms with Gasteiger partial charge < -0.3 is 29.9 Å². The van der Waals surface area contributed by atoms with Crippen LogP contribution in [0.2, 0.25) is 0 Å². The van der Waals surface area contributed by atoms with Crippen LogP contribution in [0.4, 0.5) is 0 Å². The average Bonchev–Trinajstić information content (AvgIpc) is 2.42. The molecule has 0 saturated carbocycles. The summed E-state index contributed by atoms with van der Waals surface area (Å²) in [7, 11) is 0. The molecule has 1 aromatic carbocycles. The zero-order chi connectivity index (χ0) is 14.0. The lowest BCUT2D eigenvalue weighted by atomic mass is 9.99. The van der Waals surface area contributed by atoms with Crippen LogP contribution in [0.1, 0.15) is 5.56 Å². The van der Waals surface area contributed by atoms with E-state index in [2.05, 4.69) is 0 Å². The molecule has 19 heavy (non-hydrogen) atoms. The van der Waals surface area contributed by atoms with E-state index >= 15 is 0 Å². The second kappa shape index (κ2) is 5.85. The molecule has 1 heterocycles. The predicted molar refractivity (Wildman–Crippen MR) is 65.6 cm³/mol. The molecule has 1 aliphatic rings. The van der Waals surface area contributed by atoms with Crippen molar-refractivity contribution >= 4 is 0 Å². The third-order valence-corrected chi connectivity index (χ3v) is 3.12. The molecule has 2 rings (SSSR count). The maximum absolute atomic E-state index is 9.80. The fourth-order valence-corrected chi connectivity index (χ4v) is 1.92. The standard InChI is InChI=1S/C13H18O6/c1-7-2-4-8(5-3-7)18-13-12(17)11(16)10(15)9(6-14)19-13/h2-5,9-17H,6H2,1H3/t9-,10-,11+,12+,13-/m1/s1. The van der Waals surface area contributed by atoms with Crippen molar-refractivity contribution in [3.63, 3.8) is 0 Å². The van der Waals surface area contributed by atoms with Crippen LogP contribution >= 0.6 is 0 Å². The van der Waals surface area contributed by atoms with Gasteiger partial charge in [0.25, 0.3) is 0 Å². The largest absolute Gasteiger partial charge is 0.462 e. The number of ether oxygens (including phenoxy) is 2. The first-order valence-electron chi connectivity index (χ1n) is 6.07. The minimum absolute atomic E-state index is 0.468. The molecule has 1 saturated heterocycles. The Morgan fingerprint density at radius 3 is 2.26 bits per heavy atom. The van der Waals surface area contributed by atoms with Crippen molar-refractivity contribution in [1.29, 1.82) is 0 Å². The summed E-state index contributed by atoms with van der Waals surface area (Å²) in [6.45, 7) is 1.45. The minimum Gasteiger partial charge on any atom is -0.462 e. The lowest BCUT2D eigenvalue weighted by Crippen LogP contribution is -2.60. The van der Waals surface area contributed by atoms with E-state index in [-0.39, 0.29) is 0 Å². The average molecular weight is 270 g/mol. The molecule has 0 spiro atoms. The number of rotatable bonds is 3. The molecule has 1 aromatic rings. The molecule has 0 amide bonds. The Morgan fingerprint density at radius 1 is 1.05 bits per heavy atom. The highest BCUT2D eigenvalue weighted by molar-refractivity contribution is 5.26. The van der Waals surface area contributed by atoms with E-state index in [1.165, 1.54) is 0 Å². The molecular formula is C13H18O6. The molecule has 5 atom stereocenters. The van der Waals surface area contributed by atoms with Crippen molar-refractivity contribution in [2.24, 2.45) is 0 Å². The summed E-state index contributed by atoms with van der Waals surface area (Å²) in [6.07, 6.45) is -6.30. The third kappa shape index (κ3) is 3.05. The molecule has 0 radical (unpaired) electrons. The van der Waals surface area contributed by atoms with Crippen LogP contribution in [-0.4, -0.2) is 57.7 Å². The molecule has 0 aromatic heterocycles. The maximum Gasteiger partial charge on any atom is 0.229 e. The van der Waals surface area contributed by atoms with Crippen molar-refractivity contribution in [1.82, 2.24) is 0 Å². The number of aliphatic hydroxyl groups is 4. The van der Waals surface area contributed by atoms with Gasteiger partial charge in [0.2, 0.25) is 6.29 Å². The number of aliphatic hydroxyl groups excluding tert-OH is 4. The first-order valence-corrected chi connectivity index (χ1v) is 6.07. The highest BCUT2D eigenvalue weighted by atomic mass is 16.7. The van der Waals surface area contributed by atoms with Gasteiger partial charge in [0, 0.05) is 0 Å². The van der Waals surface area contributed by atoms with Crippen molar-refractivity contribution in [2.75, 3.05) is 6.61 Å². The Kier molecular flexibility index (Phi) is 4.38. The number of hydrogen-bond acceptors (Lipinski definition) is 6. The molecule has 106 valence electrons. The van der Waals surface area contributed by atoms with Gasteiger partial charge in [0.1, 0.15) is 30.2 Å². The molecule has 1 aliphatic heterocycles. The molecule has 0 bridgehead atoms. The lowest BCUT2D eigenvalue weighted by molar-refractivity contribution is -0.277. The zero-order valence-electron chi connectivity index (χ0n) is 10.5. The normalized spacial score (nSPS) is 35.1. The lowest BCUT2D eigenvalue weighted by Gasteiger charge is -2.39. The summed E-state index contributed by atoms with van der Waals surface area (Å²) in [4.78, 5) is 0. The summed E-state index contributed by atoms with van der Waals surface area (Å²) in [6, 6.07) is 7.08. The van der Waals surface area contributed by atoms with E-state index in [1.807, 2.05) is 19.1 Å². The summed E-state index contributed by atoms with van der Waals surface area (Å²) >= 11 is 0. The van der Waals surface area contributed by atoms with Gasteiger partial charge in [-0.2, -0.15) is 0 Å². The monoisotopic (exact) mass is 270 g/mol. The van der Waals surface area contributed by atoms with E-state index < -0.39 is 37.3 Å². The van der Waals surface area contributed by atoms with Crippen molar-refractivity contribution in [2.45, 2.75) is 37.6 Å². The van der Waals surface area contributed by atoms with E-state index in [0.29, 0.717) is 5.75 Å². The van der Waals surface area contributed by atoms with E-state index in [0.717, 1.165) is 5.56 Å². The van der Waals surface area contributed by atoms with Crippen LogP contribution in [0.3, 0.4) is 0 Å². The summed E-state index contributed by atoms with van der Waals surface area (Å²) in [5.41, 5.74) is 1.06. The van der Waals surface area contributed by atoms with Crippen LogP contribution < -0.4 is 4.74 Å². The summed E-state index contributed by atoms with van der Waals surface area (Å²) < 4.78 is 10.7. The van der Waals surface area contributed by atoms with E-state index in [1.54, 1.807) is 12.1 Å². The number of aryl methyl sites for hydroxylation is 1. The topological polar surface area (TPSA) is 99.4 Å². The number of hydrogen-bond donors (Lipinski definition) is 4. The van der Waals surface area contributed by atoms with Gasteiger partial charge in [-0.25, -0.2) is 0 Å². The summed E-state index contributed by atoms with van der Waals surface area (Å²) in [5.74, 6) is 0.468. The first kappa shape index (κ1) is 14.2. The molecule has 6 nitrogen and oxygen atoms in total. The Morgan fingerprint density at radius 2 is 1.68 bits per heavy atom. The Hall–Kier alpha value is -1.18. The Labute approximate surface area is 110 Å². The molecule has 4 N–H and O–H groups in total. The predicted octanol–water partition coefficient (Wildman–Crippen LogP) is -0.826. The van der Waals surface area contributed by atoms with Gasteiger partial charge in [0.05, 0.1) is 6.61 Å².